The standard InChI is InChI=1S/C17H31N5S/c1-4-18-16(21-14-17(3)8-7-13-23-17)20-9-5-6-11-22-12-10-19-15(22)2/h10,12H,4-9,11,13-14H2,1-3H3,(H2,18,20,21). The molecule has 0 bridgehead atoms. The predicted molar refractivity (Wildman–Crippen MR) is 100 cm³/mol. The first-order valence-electron chi connectivity index (χ1n) is 8.77. The van der Waals surface area contributed by atoms with Crippen molar-refractivity contribution in [3.05, 3.63) is 18.2 Å². The lowest BCUT2D eigenvalue weighted by Gasteiger charge is -2.21. The van der Waals surface area contributed by atoms with Gasteiger partial charge in [-0.15, -0.1) is 0 Å². The lowest BCUT2D eigenvalue weighted by molar-refractivity contribution is 0.585. The highest BCUT2D eigenvalue weighted by atomic mass is 32.2. The molecule has 0 aliphatic carbocycles. The molecule has 130 valence electrons. The molecule has 2 rings (SSSR count). The Bertz CT molecular complexity index is 491. The van der Waals surface area contributed by atoms with Gasteiger partial charge < -0.3 is 15.2 Å². The van der Waals surface area contributed by atoms with Crippen LogP contribution in [-0.4, -0.2) is 45.6 Å². The number of aromatic nitrogens is 2. The predicted octanol–water partition coefficient (Wildman–Crippen LogP) is 2.81. The van der Waals surface area contributed by atoms with Crippen molar-refractivity contribution >= 4 is 17.7 Å². The van der Waals surface area contributed by atoms with E-state index in [1.54, 1.807) is 0 Å². The zero-order valence-electron chi connectivity index (χ0n) is 14.8. The van der Waals surface area contributed by atoms with Gasteiger partial charge >= 0.3 is 0 Å². The van der Waals surface area contributed by atoms with Gasteiger partial charge in [0, 0.05) is 36.8 Å². The van der Waals surface area contributed by atoms with Crippen LogP contribution in [-0.2, 0) is 6.54 Å². The lowest BCUT2D eigenvalue weighted by atomic mass is 10.1. The Balaban J connectivity index is 1.68. The number of guanidine groups is 1. The number of unbranched alkanes of at least 4 members (excludes halogenated alkanes) is 1. The van der Waals surface area contributed by atoms with Crippen molar-refractivity contribution in [2.45, 2.75) is 57.7 Å². The topological polar surface area (TPSA) is 54.2 Å². The minimum absolute atomic E-state index is 0.335. The molecule has 2 N–H and O–H groups in total. The average Bonchev–Trinajstić information content (AvgIpc) is 3.14. The monoisotopic (exact) mass is 337 g/mol. The largest absolute Gasteiger partial charge is 0.357 e. The van der Waals surface area contributed by atoms with Crippen LogP contribution in [0.3, 0.4) is 0 Å². The summed E-state index contributed by atoms with van der Waals surface area (Å²) in [6.45, 7) is 10.3. The van der Waals surface area contributed by atoms with Crippen molar-refractivity contribution < 1.29 is 0 Å². The number of hydrogen-bond donors (Lipinski definition) is 2. The number of hydrogen-bond acceptors (Lipinski definition) is 3. The van der Waals surface area contributed by atoms with Crippen molar-refractivity contribution in [1.29, 1.82) is 0 Å². The fourth-order valence-electron chi connectivity index (χ4n) is 2.80. The van der Waals surface area contributed by atoms with E-state index in [1.165, 1.54) is 18.6 Å². The first-order valence-corrected chi connectivity index (χ1v) is 9.75. The van der Waals surface area contributed by atoms with Gasteiger partial charge in [0.05, 0.1) is 6.54 Å². The van der Waals surface area contributed by atoms with Crippen LogP contribution in [0.15, 0.2) is 17.4 Å². The van der Waals surface area contributed by atoms with Gasteiger partial charge in [-0.3, -0.25) is 4.99 Å². The normalized spacial score (nSPS) is 21.6. The lowest BCUT2D eigenvalue weighted by Crippen LogP contribution is -2.39. The average molecular weight is 338 g/mol. The maximum absolute atomic E-state index is 4.79. The fraction of sp³-hybridized carbons (Fsp3) is 0.765. The summed E-state index contributed by atoms with van der Waals surface area (Å²) in [6.07, 6.45) is 8.81. The van der Waals surface area contributed by atoms with E-state index in [4.69, 9.17) is 4.99 Å². The number of imidazole rings is 1. The maximum Gasteiger partial charge on any atom is 0.191 e. The number of thioether (sulfide) groups is 1. The summed E-state index contributed by atoms with van der Waals surface area (Å²) in [5, 5.41) is 6.81. The van der Waals surface area contributed by atoms with Gasteiger partial charge in [-0.2, -0.15) is 11.8 Å². The number of aryl methyl sites for hydroxylation is 2. The van der Waals surface area contributed by atoms with Crippen LogP contribution >= 0.6 is 11.8 Å². The maximum atomic E-state index is 4.79. The van der Waals surface area contributed by atoms with Gasteiger partial charge in [-0.1, -0.05) is 0 Å². The third kappa shape index (κ3) is 6.09. The van der Waals surface area contributed by atoms with Gasteiger partial charge in [0.25, 0.3) is 0 Å². The summed E-state index contributed by atoms with van der Waals surface area (Å²) < 4.78 is 2.54. The Hall–Kier alpha value is -1.17. The van der Waals surface area contributed by atoms with Gasteiger partial charge in [-0.25, -0.2) is 4.98 Å². The van der Waals surface area contributed by atoms with Crippen LogP contribution in [0.25, 0.3) is 0 Å². The smallest absolute Gasteiger partial charge is 0.191 e. The van der Waals surface area contributed by atoms with Gasteiger partial charge in [0.1, 0.15) is 5.82 Å². The van der Waals surface area contributed by atoms with E-state index in [9.17, 15) is 0 Å². The molecular weight excluding hydrogens is 306 g/mol. The van der Waals surface area contributed by atoms with Crippen LogP contribution in [0, 0.1) is 6.92 Å². The van der Waals surface area contributed by atoms with Crippen LogP contribution < -0.4 is 10.6 Å². The second kappa shape index (κ2) is 9.21. The van der Waals surface area contributed by atoms with Gasteiger partial charge in [-0.05, 0) is 52.2 Å². The Labute approximate surface area is 144 Å². The zero-order chi connectivity index (χ0) is 16.5. The summed E-state index contributed by atoms with van der Waals surface area (Å²) in [7, 11) is 0. The van der Waals surface area contributed by atoms with Crippen molar-refractivity contribution in [2.24, 2.45) is 4.99 Å². The van der Waals surface area contributed by atoms with Crippen molar-refractivity contribution in [2.75, 3.05) is 25.4 Å². The zero-order valence-corrected chi connectivity index (χ0v) is 15.6. The molecule has 2 heterocycles. The molecule has 1 aromatic rings. The highest BCUT2D eigenvalue weighted by molar-refractivity contribution is 8.00. The van der Waals surface area contributed by atoms with E-state index in [1.807, 2.05) is 12.4 Å². The first-order chi connectivity index (χ1) is 11.1. The third-order valence-corrected chi connectivity index (χ3v) is 5.78. The SMILES string of the molecule is CCNC(=NCC1(C)CCCS1)NCCCCn1ccnc1C. The molecule has 1 aromatic heterocycles. The molecule has 1 saturated heterocycles. The van der Waals surface area contributed by atoms with Crippen LogP contribution in [0.2, 0.25) is 0 Å². The Morgan fingerprint density at radius 1 is 1.43 bits per heavy atom. The quantitative estimate of drug-likeness (QED) is 0.435. The Morgan fingerprint density at radius 3 is 2.96 bits per heavy atom. The number of nitrogens with one attached hydrogen (secondary N) is 2. The molecule has 0 saturated carbocycles. The molecular formula is C17H31N5S. The Morgan fingerprint density at radius 2 is 2.30 bits per heavy atom. The molecule has 0 spiro atoms. The molecule has 1 aliphatic heterocycles. The van der Waals surface area contributed by atoms with E-state index >= 15 is 0 Å². The summed E-state index contributed by atoms with van der Waals surface area (Å²) in [5.41, 5.74) is 0. The van der Waals surface area contributed by atoms with E-state index in [0.717, 1.165) is 50.8 Å². The van der Waals surface area contributed by atoms with Gasteiger partial charge in [0.15, 0.2) is 5.96 Å². The van der Waals surface area contributed by atoms with E-state index < -0.39 is 0 Å². The second-order valence-electron chi connectivity index (χ2n) is 6.40. The molecule has 0 aromatic carbocycles. The summed E-state index contributed by atoms with van der Waals surface area (Å²) in [4.78, 5) is 9.04. The van der Waals surface area contributed by atoms with Crippen molar-refractivity contribution in [3.8, 4) is 0 Å². The minimum Gasteiger partial charge on any atom is -0.357 e. The number of nitrogens with zero attached hydrogens (tertiary/aromatic N) is 3. The van der Waals surface area contributed by atoms with Crippen LogP contribution in [0.1, 0.15) is 45.4 Å². The third-order valence-electron chi connectivity index (χ3n) is 4.26. The van der Waals surface area contributed by atoms with Crippen molar-refractivity contribution in [1.82, 2.24) is 20.2 Å². The molecule has 1 unspecified atom stereocenters. The molecule has 6 heteroatoms. The molecule has 5 nitrogen and oxygen atoms in total. The minimum atomic E-state index is 0.335. The first kappa shape index (κ1) is 18.2. The highest BCUT2D eigenvalue weighted by Gasteiger charge is 2.29. The van der Waals surface area contributed by atoms with Crippen LogP contribution in [0.4, 0.5) is 0 Å². The number of rotatable bonds is 8. The molecule has 1 atom stereocenters. The summed E-state index contributed by atoms with van der Waals surface area (Å²) in [5.74, 6) is 3.33. The van der Waals surface area contributed by atoms with E-state index in [2.05, 4.69) is 52.7 Å². The van der Waals surface area contributed by atoms with E-state index in [0.29, 0.717) is 4.75 Å². The summed E-state index contributed by atoms with van der Waals surface area (Å²) in [6, 6.07) is 0. The van der Waals surface area contributed by atoms with Gasteiger partial charge in [0.2, 0.25) is 0 Å². The number of aliphatic imine (C=N–C) groups is 1. The summed E-state index contributed by atoms with van der Waals surface area (Å²) >= 11 is 2.07. The van der Waals surface area contributed by atoms with Crippen molar-refractivity contribution in [3.63, 3.8) is 0 Å². The molecule has 0 radical (unpaired) electrons. The Kier molecular flexibility index (Phi) is 7.27. The fourth-order valence-corrected chi connectivity index (χ4v) is 4.03. The molecule has 0 amide bonds. The van der Waals surface area contributed by atoms with E-state index in [-0.39, 0.29) is 0 Å². The second-order valence-corrected chi connectivity index (χ2v) is 8.08. The molecule has 23 heavy (non-hydrogen) atoms. The molecule has 1 aliphatic rings. The highest BCUT2D eigenvalue weighted by Crippen LogP contribution is 2.37. The van der Waals surface area contributed by atoms with Crippen LogP contribution in [0.5, 0.6) is 0 Å². The molecule has 1 fully saturated rings.